The molecule has 0 fully saturated rings. The molecule has 0 aliphatic carbocycles. The summed E-state index contributed by atoms with van der Waals surface area (Å²) >= 11 is 0. The van der Waals surface area contributed by atoms with Gasteiger partial charge >= 0.3 is 5.97 Å². The van der Waals surface area contributed by atoms with Crippen LogP contribution in [0.2, 0.25) is 0 Å². The molecule has 0 saturated carbocycles. The van der Waals surface area contributed by atoms with Gasteiger partial charge in [-0.05, 0) is 36.4 Å². The Hall–Kier alpha value is -3.00. The van der Waals surface area contributed by atoms with Gasteiger partial charge in [-0.15, -0.1) is 0 Å². The Kier molecular flexibility index (Phi) is 3.58. The summed E-state index contributed by atoms with van der Waals surface area (Å²) in [4.78, 5) is 12.7. The predicted molar refractivity (Wildman–Crippen MR) is 77.0 cm³/mol. The van der Waals surface area contributed by atoms with E-state index in [0.29, 0.717) is 16.9 Å². The number of carbonyl (C=O) groups is 1. The van der Waals surface area contributed by atoms with Crippen LogP contribution < -0.4 is 10.6 Å². The van der Waals surface area contributed by atoms with Gasteiger partial charge in [0.25, 0.3) is 0 Å². The molecule has 0 spiro atoms. The first-order chi connectivity index (χ1) is 9.52. The highest BCUT2D eigenvalue weighted by Crippen LogP contribution is 2.30. The first kappa shape index (κ1) is 13.4. The van der Waals surface area contributed by atoms with Crippen molar-refractivity contribution in [2.24, 2.45) is 0 Å². The molecule has 0 saturated heterocycles. The smallest absolute Gasteiger partial charge is 0.335 e. The van der Waals surface area contributed by atoms with E-state index in [-0.39, 0.29) is 5.56 Å². The van der Waals surface area contributed by atoms with Crippen molar-refractivity contribution in [3.8, 4) is 6.07 Å². The fraction of sp³-hybridized carbons (Fsp3) is 0.0667. The van der Waals surface area contributed by atoms with E-state index in [0.717, 1.165) is 5.69 Å². The van der Waals surface area contributed by atoms with Gasteiger partial charge in [-0.2, -0.15) is 5.26 Å². The molecule has 0 heterocycles. The van der Waals surface area contributed by atoms with Crippen molar-refractivity contribution in [2.75, 3.05) is 17.7 Å². The first-order valence-corrected chi connectivity index (χ1v) is 5.89. The van der Waals surface area contributed by atoms with E-state index in [9.17, 15) is 4.79 Å². The predicted octanol–water partition coefficient (Wildman–Crippen LogP) is 2.61. The van der Waals surface area contributed by atoms with Crippen molar-refractivity contribution in [1.82, 2.24) is 0 Å². The lowest BCUT2D eigenvalue weighted by Gasteiger charge is -2.21. The second kappa shape index (κ2) is 5.33. The first-order valence-electron chi connectivity index (χ1n) is 5.89. The highest BCUT2D eigenvalue weighted by atomic mass is 16.4. The number of nitrogens with two attached hydrogens (primary N) is 1. The van der Waals surface area contributed by atoms with Gasteiger partial charge in [0, 0.05) is 12.7 Å². The minimum Gasteiger partial charge on any atom is -0.478 e. The summed E-state index contributed by atoms with van der Waals surface area (Å²) < 4.78 is 0. The van der Waals surface area contributed by atoms with Crippen molar-refractivity contribution in [2.45, 2.75) is 0 Å². The number of nitrogens with zero attached hydrogens (tertiary/aromatic N) is 2. The molecule has 0 aliphatic rings. The van der Waals surface area contributed by atoms with Crippen molar-refractivity contribution >= 4 is 23.0 Å². The number of benzene rings is 2. The average molecular weight is 267 g/mol. The maximum Gasteiger partial charge on any atom is 0.335 e. The van der Waals surface area contributed by atoms with Gasteiger partial charge in [-0.1, -0.05) is 6.07 Å². The van der Waals surface area contributed by atoms with E-state index < -0.39 is 5.97 Å². The zero-order valence-corrected chi connectivity index (χ0v) is 10.9. The van der Waals surface area contributed by atoms with E-state index in [1.807, 2.05) is 18.0 Å². The van der Waals surface area contributed by atoms with Crippen LogP contribution in [0.25, 0.3) is 0 Å². The maximum absolute atomic E-state index is 10.9. The molecule has 0 bridgehead atoms. The number of nitriles is 1. The number of aromatic carboxylic acids is 1. The fourth-order valence-corrected chi connectivity index (χ4v) is 1.92. The van der Waals surface area contributed by atoms with E-state index in [1.54, 1.807) is 24.3 Å². The lowest BCUT2D eigenvalue weighted by molar-refractivity contribution is 0.0697. The molecule has 20 heavy (non-hydrogen) atoms. The quantitative estimate of drug-likeness (QED) is 0.834. The number of carboxylic acids is 1. The van der Waals surface area contributed by atoms with Crippen molar-refractivity contribution in [3.05, 3.63) is 53.6 Å². The number of hydrogen-bond acceptors (Lipinski definition) is 4. The lowest BCUT2D eigenvalue weighted by Crippen LogP contribution is -2.12. The second-order valence-electron chi connectivity index (χ2n) is 4.30. The largest absolute Gasteiger partial charge is 0.478 e. The zero-order chi connectivity index (χ0) is 14.7. The third kappa shape index (κ3) is 2.54. The Morgan fingerprint density at radius 3 is 2.65 bits per heavy atom. The fourth-order valence-electron chi connectivity index (χ4n) is 1.92. The minimum absolute atomic E-state index is 0.144. The Morgan fingerprint density at radius 1 is 1.30 bits per heavy atom. The van der Waals surface area contributed by atoms with E-state index in [4.69, 9.17) is 16.1 Å². The topological polar surface area (TPSA) is 90.3 Å². The molecule has 2 aromatic carbocycles. The summed E-state index contributed by atoms with van der Waals surface area (Å²) in [6, 6.07) is 13.7. The highest BCUT2D eigenvalue weighted by Gasteiger charge is 2.11. The Labute approximate surface area is 116 Å². The SMILES string of the molecule is CN(c1cccc(C#N)c1)c1ccc(C(=O)O)cc1N. The Morgan fingerprint density at radius 2 is 2.05 bits per heavy atom. The van der Waals surface area contributed by atoms with Gasteiger partial charge in [0.15, 0.2) is 0 Å². The van der Waals surface area contributed by atoms with Crippen LogP contribution in [0.1, 0.15) is 15.9 Å². The van der Waals surface area contributed by atoms with E-state index >= 15 is 0 Å². The number of anilines is 3. The summed E-state index contributed by atoms with van der Waals surface area (Å²) in [5.41, 5.74) is 8.45. The van der Waals surface area contributed by atoms with Crippen LogP contribution >= 0.6 is 0 Å². The third-order valence-electron chi connectivity index (χ3n) is 3.00. The monoisotopic (exact) mass is 267 g/mol. The van der Waals surface area contributed by atoms with Gasteiger partial charge in [0.2, 0.25) is 0 Å². The summed E-state index contributed by atoms with van der Waals surface area (Å²) in [7, 11) is 1.81. The molecule has 0 unspecified atom stereocenters. The molecule has 100 valence electrons. The maximum atomic E-state index is 10.9. The van der Waals surface area contributed by atoms with Gasteiger partial charge < -0.3 is 15.7 Å². The minimum atomic E-state index is -1.02. The standard InChI is InChI=1S/C15H13N3O2/c1-18(12-4-2-3-10(7-12)9-16)14-6-5-11(15(19)20)8-13(14)17/h2-8H,17H2,1H3,(H,19,20). The summed E-state index contributed by atoms with van der Waals surface area (Å²) in [6.07, 6.45) is 0. The van der Waals surface area contributed by atoms with Crippen LogP contribution in [0, 0.1) is 11.3 Å². The molecule has 5 nitrogen and oxygen atoms in total. The van der Waals surface area contributed by atoms with Gasteiger partial charge in [-0.3, -0.25) is 0 Å². The van der Waals surface area contributed by atoms with Gasteiger partial charge in [0.1, 0.15) is 0 Å². The number of nitrogen functional groups attached to an aromatic ring is 1. The molecule has 5 heteroatoms. The van der Waals surface area contributed by atoms with Crippen molar-refractivity contribution in [1.29, 1.82) is 5.26 Å². The third-order valence-corrected chi connectivity index (χ3v) is 3.00. The number of hydrogen-bond donors (Lipinski definition) is 2. The van der Waals surface area contributed by atoms with Crippen LogP contribution in [0.3, 0.4) is 0 Å². The molecule has 0 radical (unpaired) electrons. The molecule has 0 aromatic heterocycles. The molecule has 0 amide bonds. The molecule has 0 atom stereocenters. The van der Waals surface area contributed by atoms with E-state index in [2.05, 4.69) is 6.07 Å². The summed E-state index contributed by atoms with van der Waals surface area (Å²) in [6.45, 7) is 0. The number of rotatable bonds is 3. The molecular formula is C15H13N3O2. The van der Waals surface area contributed by atoms with E-state index in [1.165, 1.54) is 12.1 Å². The Balaban J connectivity index is 2.40. The highest BCUT2D eigenvalue weighted by molar-refractivity contribution is 5.91. The van der Waals surface area contributed by atoms with Crippen LogP contribution in [-0.4, -0.2) is 18.1 Å². The van der Waals surface area contributed by atoms with Crippen LogP contribution in [0.4, 0.5) is 17.1 Å². The normalized spacial score (nSPS) is 9.80. The molecule has 0 aliphatic heterocycles. The van der Waals surface area contributed by atoms with Crippen LogP contribution in [0.5, 0.6) is 0 Å². The Bertz CT molecular complexity index is 705. The van der Waals surface area contributed by atoms with Crippen molar-refractivity contribution < 1.29 is 9.90 Å². The van der Waals surface area contributed by atoms with Gasteiger partial charge in [-0.25, -0.2) is 4.79 Å². The zero-order valence-electron chi connectivity index (χ0n) is 10.9. The average Bonchev–Trinajstić information content (AvgIpc) is 2.46. The molecular weight excluding hydrogens is 254 g/mol. The number of carboxylic acid groups (broad SMARTS) is 1. The summed E-state index contributed by atoms with van der Waals surface area (Å²) in [5.74, 6) is -1.02. The molecule has 2 aromatic rings. The van der Waals surface area contributed by atoms with Crippen LogP contribution in [0.15, 0.2) is 42.5 Å². The summed E-state index contributed by atoms with van der Waals surface area (Å²) in [5, 5.41) is 17.8. The second-order valence-corrected chi connectivity index (χ2v) is 4.30. The molecule has 2 rings (SSSR count). The van der Waals surface area contributed by atoms with Crippen molar-refractivity contribution in [3.63, 3.8) is 0 Å². The molecule has 3 N–H and O–H groups in total. The van der Waals surface area contributed by atoms with Gasteiger partial charge in [0.05, 0.1) is 28.6 Å². The lowest BCUT2D eigenvalue weighted by atomic mass is 10.1. The van der Waals surface area contributed by atoms with Crippen LogP contribution in [-0.2, 0) is 0 Å².